The Morgan fingerprint density at radius 2 is 0.481 bits per heavy atom. The summed E-state index contributed by atoms with van der Waals surface area (Å²) in [6.07, 6.45) is 93.9. The summed E-state index contributed by atoms with van der Waals surface area (Å²) in [6, 6.07) is 0. The minimum atomic E-state index is -0.786. The number of rotatable bonds is 62. The third kappa shape index (κ3) is 66.8. The number of allylic oxidation sites excluding steroid dienone is 18. The maximum absolute atomic E-state index is 12.9. The molecule has 1 unspecified atom stereocenters. The number of carbonyl (C=O) groups excluding carboxylic acids is 3. The molecule has 1 atom stereocenters. The van der Waals surface area contributed by atoms with Crippen molar-refractivity contribution in [1.82, 2.24) is 0 Å². The van der Waals surface area contributed by atoms with Gasteiger partial charge in [-0.25, -0.2) is 0 Å². The van der Waals surface area contributed by atoms with Crippen molar-refractivity contribution in [1.29, 1.82) is 0 Å². The monoisotopic (exact) mass is 1120 g/mol. The molecule has 6 heteroatoms. The van der Waals surface area contributed by atoms with Crippen LogP contribution in [0.15, 0.2) is 109 Å². The Labute approximate surface area is 501 Å². The van der Waals surface area contributed by atoms with E-state index in [2.05, 4.69) is 130 Å². The van der Waals surface area contributed by atoms with E-state index in [-0.39, 0.29) is 31.1 Å². The fourth-order valence-corrected chi connectivity index (χ4v) is 9.63. The van der Waals surface area contributed by atoms with Crippen LogP contribution in [-0.4, -0.2) is 37.2 Å². The standard InChI is InChI=1S/C75H128O6/c1-4-7-10-13-16-19-22-25-28-29-30-31-32-33-34-35-36-37-38-39-40-41-42-43-44-45-48-50-53-56-59-62-65-68-74(77)80-71-72(81-75(78)69-66-63-60-57-54-51-47-27-24-21-18-15-12-9-6-3)70-79-73(76)67-64-61-58-55-52-49-46-26-23-20-17-14-11-8-5-2/h7,10,16,18-19,21,25,27-28,30-31,33-34,36-37,39-40,47,72H,4-6,8-9,11-15,17,20,22-24,26,29,32,35,38,41-46,48-71H2,1-3H3/b10-7-,19-16-,21-18-,28-25-,31-30-,34-33-,37-36-,40-39-,47-27-. The molecular weight excluding hydrogens is 997 g/mol. The van der Waals surface area contributed by atoms with Crippen molar-refractivity contribution >= 4 is 17.9 Å². The number of carbonyl (C=O) groups is 3. The molecule has 0 radical (unpaired) electrons. The third-order valence-corrected chi connectivity index (χ3v) is 14.8. The average Bonchev–Trinajstić information content (AvgIpc) is 3.47. The Hall–Kier alpha value is -3.93. The summed E-state index contributed by atoms with van der Waals surface area (Å²) in [5.74, 6) is -0.885. The fourth-order valence-electron chi connectivity index (χ4n) is 9.63. The zero-order valence-electron chi connectivity index (χ0n) is 53.3. The molecule has 0 aromatic rings. The first kappa shape index (κ1) is 77.1. The molecule has 0 amide bonds. The fraction of sp³-hybridized carbons (Fsp3) is 0.720. The van der Waals surface area contributed by atoms with Gasteiger partial charge in [0.05, 0.1) is 0 Å². The largest absolute Gasteiger partial charge is 0.462 e. The van der Waals surface area contributed by atoms with E-state index in [4.69, 9.17) is 14.2 Å². The topological polar surface area (TPSA) is 78.9 Å². The van der Waals surface area contributed by atoms with E-state index < -0.39 is 6.10 Å². The Bertz CT molecular complexity index is 1620. The van der Waals surface area contributed by atoms with Gasteiger partial charge in [0.15, 0.2) is 6.10 Å². The van der Waals surface area contributed by atoms with Gasteiger partial charge in [-0.2, -0.15) is 0 Å². The lowest BCUT2D eigenvalue weighted by Crippen LogP contribution is -2.30. The average molecular weight is 1130 g/mol. The first-order valence-electron chi connectivity index (χ1n) is 34.4. The second-order valence-electron chi connectivity index (χ2n) is 22.7. The number of hydrogen-bond donors (Lipinski definition) is 0. The molecule has 0 aliphatic heterocycles. The second kappa shape index (κ2) is 68.6. The van der Waals surface area contributed by atoms with Crippen LogP contribution in [0.1, 0.15) is 329 Å². The molecular formula is C75H128O6. The van der Waals surface area contributed by atoms with E-state index in [1.807, 2.05) is 0 Å². The molecule has 0 aromatic heterocycles. The molecule has 0 aliphatic carbocycles. The van der Waals surface area contributed by atoms with Gasteiger partial charge in [0.2, 0.25) is 0 Å². The predicted molar refractivity (Wildman–Crippen MR) is 353 cm³/mol. The Morgan fingerprint density at radius 3 is 0.778 bits per heavy atom. The van der Waals surface area contributed by atoms with E-state index >= 15 is 0 Å². The first-order valence-corrected chi connectivity index (χ1v) is 34.4. The highest BCUT2D eigenvalue weighted by Crippen LogP contribution is 2.17. The van der Waals surface area contributed by atoms with Crippen LogP contribution in [0.2, 0.25) is 0 Å². The minimum Gasteiger partial charge on any atom is -0.462 e. The molecule has 0 saturated heterocycles. The van der Waals surface area contributed by atoms with Crippen LogP contribution in [-0.2, 0) is 28.6 Å². The van der Waals surface area contributed by atoms with Crippen molar-refractivity contribution in [2.75, 3.05) is 13.2 Å². The van der Waals surface area contributed by atoms with E-state index in [9.17, 15) is 14.4 Å². The van der Waals surface area contributed by atoms with Crippen molar-refractivity contribution in [2.45, 2.75) is 335 Å². The van der Waals surface area contributed by atoms with Gasteiger partial charge in [0, 0.05) is 19.3 Å². The molecule has 0 N–H and O–H groups in total. The summed E-state index contributed by atoms with van der Waals surface area (Å²) in [7, 11) is 0. The molecule has 0 fully saturated rings. The zero-order valence-corrected chi connectivity index (χ0v) is 53.3. The van der Waals surface area contributed by atoms with Crippen molar-refractivity contribution in [2.24, 2.45) is 0 Å². The van der Waals surface area contributed by atoms with Gasteiger partial charge < -0.3 is 14.2 Å². The van der Waals surface area contributed by atoms with Crippen molar-refractivity contribution in [3.8, 4) is 0 Å². The lowest BCUT2D eigenvalue weighted by atomic mass is 10.0. The highest BCUT2D eigenvalue weighted by molar-refractivity contribution is 5.71. The van der Waals surface area contributed by atoms with Gasteiger partial charge in [0.25, 0.3) is 0 Å². The molecule has 0 rings (SSSR count). The Morgan fingerprint density at radius 1 is 0.259 bits per heavy atom. The molecule has 0 saturated carbocycles. The van der Waals surface area contributed by atoms with Gasteiger partial charge in [-0.3, -0.25) is 14.4 Å². The molecule has 0 heterocycles. The van der Waals surface area contributed by atoms with Gasteiger partial charge >= 0.3 is 17.9 Å². The number of esters is 3. The van der Waals surface area contributed by atoms with Crippen LogP contribution < -0.4 is 0 Å². The van der Waals surface area contributed by atoms with Crippen LogP contribution in [0.25, 0.3) is 0 Å². The lowest BCUT2D eigenvalue weighted by Gasteiger charge is -2.18. The Kier molecular flexibility index (Phi) is 65.2. The van der Waals surface area contributed by atoms with Crippen LogP contribution in [0.3, 0.4) is 0 Å². The minimum absolute atomic E-state index is 0.0809. The first-order chi connectivity index (χ1) is 40.0. The zero-order chi connectivity index (χ0) is 58.5. The summed E-state index contributed by atoms with van der Waals surface area (Å²) in [5, 5.41) is 0. The Balaban J connectivity index is 4.24. The van der Waals surface area contributed by atoms with E-state index in [0.29, 0.717) is 19.3 Å². The van der Waals surface area contributed by atoms with Gasteiger partial charge in [-0.05, 0) is 109 Å². The smallest absolute Gasteiger partial charge is 0.306 e. The summed E-state index contributed by atoms with van der Waals surface area (Å²) in [6.45, 7) is 6.52. The van der Waals surface area contributed by atoms with Crippen LogP contribution >= 0.6 is 0 Å². The summed E-state index contributed by atoms with van der Waals surface area (Å²) >= 11 is 0. The summed E-state index contributed by atoms with van der Waals surface area (Å²) in [5.41, 5.74) is 0. The van der Waals surface area contributed by atoms with Crippen molar-refractivity contribution < 1.29 is 28.6 Å². The normalized spacial score (nSPS) is 12.8. The van der Waals surface area contributed by atoms with Crippen LogP contribution in [0.5, 0.6) is 0 Å². The quantitative estimate of drug-likeness (QED) is 0.0261. The van der Waals surface area contributed by atoms with E-state index in [1.165, 1.54) is 161 Å². The molecule has 6 nitrogen and oxygen atoms in total. The van der Waals surface area contributed by atoms with Crippen molar-refractivity contribution in [3.05, 3.63) is 109 Å². The van der Waals surface area contributed by atoms with Crippen LogP contribution in [0.4, 0.5) is 0 Å². The molecule has 0 bridgehead atoms. The summed E-state index contributed by atoms with van der Waals surface area (Å²) in [4.78, 5) is 38.4. The number of hydrogen-bond acceptors (Lipinski definition) is 6. The predicted octanol–water partition coefficient (Wildman–Crippen LogP) is 23.8. The number of ether oxygens (including phenoxy) is 3. The third-order valence-electron chi connectivity index (χ3n) is 14.8. The SMILES string of the molecule is CC/C=C\C/C=C\C/C=C\C/C=C\C/C=C\C/C=C\C/C=C\CCCCCCCCCCCCCC(=O)OCC(COC(=O)CCCCCCCCCCCCCCCCC)OC(=O)CCCCCCC/C=C\C/C=C\CCCCC. The molecule has 0 aromatic carbocycles. The van der Waals surface area contributed by atoms with E-state index in [1.54, 1.807) is 0 Å². The maximum atomic E-state index is 12.9. The van der Waals surface area contributed by atoms with Gasteiger partial charge in [0.1, 0.15) is 13.2 Å². The molecule has 464 valence electrons. The molecule has 81 heavy (non-hydrogen) atoms. The van der Waals surface area contributed by atoms with Crippen LogP contribution in [0, 0.1) is 0 Å². The van der Waals surface area contributed by atoms with Crippen molar-refractivity contribution in [3.63, 3.8) is 0 Å². The molecule has 0 spiro atoms. The maximum Gasteiger partial charge on any atom is 0.306 e. The van der Waals surface area contributed by atoms with Gasteiger partial charge in [-0.1, -0.05) is 310 Å². The second-order valence-corrected chi connectivity index (χ2v) is 22.7. The highest BCUT2D eigenvalue weighted by atomic mass is 16.6. The lowest BCUT2D eigenvalue weighted by molar-refractivity contribution is -0.167. The molecule has 0 aliphatic rings. The summed E-state index contributed by atoms with van der Waals surface area (Å²) < 4.78 is 16.9. The van der Waals surface area contributed by atoms with Gasteiger partial charge in [-0.15, -0.1) is 0 Å². The highest BCUT2D eigenvalue weighted by Gasteiger charge is 2.19. The van der Waals surface area contributed by atoms with E-state index in [0.717, 1.165) is 128 Å². The number of unbranched alkanes of at least 4 members (excludes halogenated alkanes) is 33.